The van der Waals surface area contributed by atoms with Gasteiger partial charge in [-0.05, 0) is 32.2 Å². The van der Waals surface area contributed by atoms with Crippen LogP contribution in [-0.2, 0) is 9.59 Å². The number of nitrogens with zero attached hydrogens (tertiary/aromatic N) is 4. The molecule has 0 spiro atoms. The maximum Gasteiger partial charge on any atom is 0.236 e. The number of rotatable bonds is 8. The summed E-state index contributed by atoms with van der Waals surface area (Å²) in [6.45, 7) is 2.38. The Bertz CT molecular complexity index is 556. The largest absolute Gasteiger partial charge is 0.353 e. The van der Waals surface area contributed by atoms with Gasteiger partial charge in [0.25, 0.3) is 0 Å². The van der Waals surface area contributed by atoms with Crippen LogP contribution in [0.5, 0.6) is 0 Å². The van der Waals surface area contributed by atoms with Crippen LogP contribution in [0.1, 0.15) is 57.8 Å². The second kappa shape index (κ2) is 11.6. The SMILES string of the molecule is N#CCCN(CCC#N)C(=O)CN1CCC[C@@H](C(=O)NC2CCCCC2)C1. The zero-order chi connectivity index (χ0) is 19.5. The third-order valence-electron chi connectivity index (χ3n) is 5.53. The lowest BCUT2D eigenvalue weighted by atomic mass is 9.93. The van der Waals surface area contributed by atoms with Crippen LogP contribution in [0.25, 0.3) is 0 Å². The Hall–Kier alpha value is -2.12. The van der Waals surface area contributed by atoms with E-state index in [2.05, 4.69) is 17.5 Å². The molecule has 27 heavy (non-hydrogen) atoms. The minimum Gasteiger partial charge on any atom is -0.353 e. The molecule has 2 amide bonds. The smallest absolute Gasteiger partial charge is 0.236 e. The van der Waals surface area contributed by atoms with Gasteiger partial charge in [0, 0.05) is 25.7 Å². The molecule has 2 rings (SSSR count). The molecule has 148 valence electrons. The van der Waals surface area contributed by atoms with Gasteiger partial charge in [0.15, 0.2) is 0 Å². The molecule has 0 unspecified atom stereocenters. The highest BCUT2D eigenvalue weighted by molar-refractivity contribution is 5.80. The van der Waals surface area contributed by atoms with Gasteiger partial charge in [-0.25, -0.2) is 0 Å². The fourth-order valence-electron chi connectivity index (χ4n) is 4.00. The predicted molar refractivity (Wildman–Crippen MR) is 101 cm³/mol. The minimum absolute atomic E-state index is 0.0554. The summed E-state index contributed by atoms with van der Waals surface area (Å²) in [5.74, 6) is 0.0128. The van der Waals surface area contributed by atoms with E-state index in [4.69, 9.17) is 10.5 Å². The molecule has 1 aliphatic heterocycles. The number of nitriles is 2. The zero-order valence-electron chi connectivity index (χ0n) is 16.2. The molecular weight excluding hydrogens is 342 g/mol. The highest BCUT2D eigenvalue weighted by Crippen LogP contribution is 2.20. The summed E-state index contributed by atoms with van der Waals surface area (Å²) >= 11 is 0. The number of amides is 2. The highest BCUT2D eigenvalue weighted by Gasteiger charge is 2.29. The fourth-order valence-corrected chi connectivity index (χ4v) is 4.00. The average Bonchev–Trinajstić information content (AvgIpc) is 2.69. The van der Waals surface area contributed by atoms with Crippen LogP contribution in [0.2, 0.25) is 0 Å². The zero-order valence-corrected chi connectivity index (χ0v) is 16.2. The summed E-state index contributed by atoms with van der Waals surface area (Å²) < 4.78 is 0. The van der Waals surface area contributed by atoms with Gasteiger partial charge in [0.1, 0.15) is 0 Å². The van der Waals surface area contributed by atoms with E-state index in [0.29, 0.717) is 25.7 Å². The lowest BCUT2D eigenvalue weighted by molar-refractivity contribution is -0.134. The molecule has 2 fully saturated rings. The lowest BCUT2D eigenvalue weighted by Crippen LogP contribution is -2.49. The number of carbonyl (C=O) groups is 2. The molecule has 1 atom stereocenters. The van der Waals surface area contributed by atoms with Crippen LogP contribution >= 0.6 is 0 Å². The molecule has 0 aromatic carbocycles. The van der Waals surface area contributed by atoms with Crippen LogP contribution in [0.3, 0.4) is 0 Å². The molecule has 1 aliphatic carbocycles. The van der Waals surface area contributed by atoms with E-state index in [1.165, 1.54) is 19.3 Å². The molecule has 1 N–H and O–H groups in total. The van der Waals surface area contributed by atoms with Gasteiger partial charge in [0.05, 0.1) is 37.4 Å². The van der Waals surface area contributed by atoms with E-state index >= 15 is 0 Å². The molecule has 1 heterocycles. The maximum atomic E-state index is 12.6. The van der Waals surface area contributed by atoms with Crippen LogP contribution in [-0.4, -0.2) is 60.4 Å². The van der Waals surface area contributed by atoms with Crippen LogP contribution in [0.15, 0.2) is 0 Å². The van der Waals surface area contributed by atoms with Crippen LogP contribution in [0, 0.1) is 28.6 Å². The van der Waals surface area contributed by atoms with Crippen molar-refractivity contribution in [1.29, 1.82) is 10.5 Å². The van der Waals surface area contributed by atoms with E-state index in [-0.39, 0.29) is 37.1 Å². The minimum atomic E-state index is -0.0613. The van der Waals surface area contributed by atoms with Crippen molar-refractivity contribution in [3.05, 3.63) is 0 Å². The number of hydrogen-bond acceptors (Lipinski definition) is 5. The van der Waals surface area contributed by atoms with Crippen molar-refractivity contribution in [1.82, 2.24) is 15.1 Å². The predicted octanol–water partition coefficient (Wildman–Crippen LogP) is 1.80. The van der Waals surface area contributed by atoms with Gasteiger partial charge in [0.2, 0.25) is 11.8 Å². The monoisotopic (exact) mass is 373 g/mol. The van der Waals surface area contributed by atoms with Gasteiger partial charge in [-0.15, -0.1) is 0 Å². The van der Waals surface area contributed by atoms with Crippen molar-refractivity contribution in [2.75, 3.05) is 32.7 Å². The van der Waals surface area contributed by atoms with Crippen molar-refractivity contribution >= 4 is 11.8 Å². The molecule has 1 saturated heterocycles. The lowest BCUT2D eigenvalue weighted by Gasteiger charge is -2.34. The summed E-state index contributed by atoms with van der Waals surface area (Å²) in [6.07, 6.45) is 8.12. The number of hydrogen-bond donors (Lipinski definition) is 1. The van der Waals surface area contributed by atoms with Crippen LogP contribution < -0.4 is 5.32 Å². The first kappa shape index (κ1) is 21.2. The summed E-state index contributed by atoms with van der Waals surface area (Å²) in [5, 5.41) is 20.7. The molecule has 0 radical (unpaired) electrons. The van der Waals surface area contributed by atoms with Crippen LogP contribution in [0.4, 0.5) is 0 Å². The van der Waals surface area contributed by atoms with Crippen molar-refractivity contribution in [2.45, 2.75) is 63.8 Å². The van der Waals surface area contributed by atoms with E-state index in [1.807, 2.05) is 4.90 Å². The Labute approximate surface area is 162 Å². The van der Waals surface area contributed by atoms with E-state index in [1.54, 1.807) is 4.90 Å². The maximum absolute atomic E-state index is 12.6. The third kappa shape index (κ3) is 7.19. The quantitative estimate of drug-likeness (QED) is 0.699. The first-order valence-corrected chi connectivity index (χ1v) is 10.2. The standard InChI is InChI=1S/C20H31N5O2/c21-10-5-13-25(14-6-11-22)19(26)16-24-12-4-7-17(15-24)20(27)23-18-8-2-1-3-9-18/h17-18H,1-9,12-16H2,(H,23,27)/t17-/m1/s1. The van der Waals surface area contributed by atoms with Crippen molar-refractivity contribution in [3.8, 4) is 12.1 Å². The number of piperidine rings is 1. The first-order valence-electron chi connectivity index (χ1n) is 10.2. The molecule has 0 bridgehead atoms. The second-order valence-electron chi connectivity index (χ2n) is 7.61. The Balaban J connectivity index is 1.83. The number of likely N-dealkylation sites (tertiary alicyclic amines) is 1. The van der Waals surface area contributed by atoms with Crippen molar-refractivity contribution in [3.63, 3.8) is 0 Å². The molecular formula is C20H31N5O2. The summed E-state index contributed by atoms with van der Waals surface area (Å²) in [5.41, 5.74) is 0. The fraction of sp³-hybridized carbons (Fsp3) is 0.800. The summed E-state index contributed by atoms with van der Waals surface area (Å²) in [6, 6.07) is 4.42. The number of nitrogens with one attached hydrogen (secondary N) is 1. The Morgan fingerprint density at radius 3 is 2.30 bits per heavy atom. The summed E-state index contributed by atoms with van der Waals surface area (Å²) in [4.78, 5) is 28.8. The first-order chi connectivity index (χ1) is 13.1. The van der Waals surface area contributed by atoms with Crippen molar-refractivity contribution < 1.29 is 9.59 Å². The Morgan fingerprint density at radius 1 is 1.00 bits per heavy atom. The van der Waals surface area contributed by atoms with Gasteiger partial charge in [-0.3, -0.25) is 14.5 Å². The molecule has 7 heteroatoms. The third-order valence-corrected chi connectivity index (χ3v) is 5.53. The molecule has 2 aliphatic rings. The summed E-state index contributed by atoms with van der Waals surface area (Å²) in [7, 11) is 0. The van der Waals surface area contributed by atoms with E-state index in [9.17, 15) is 9.59 Å². The molecule has 0 aromatic heterocycles. The van der Waals surface area contributed by atoms with Gasteiger partial charge >= 0.3 is 0 Å². The van der Waals surface area contributed by atoms with E-state index < -0.39 is 0 Å². The highest BCUT2D eigenvalue weighted by atomic mass is 16.2. The average molecular weight is 374 g/mol. The number of carbonyl (C=O) groups excluding carboxylic acids is 2. The topological polar surface area (TPSA) is 100 Å². The van der Waals surface area contributed by atoms with Gasteiger partial charge in [-0.2, -0.15) is 10.5 Å². The molecule has 0 aromatic rings. The second-order valence-corrected chi connectivity index (χ2v) is 7.61. The Kier molecular flexibility index (Phi) is 9.07. The molecule has 1 saturated carbocycles. The Morgan fingerprint density at radius 2 is 1.67 bits per heavy atom. The normalized spacial score (nSPS) is 21.0. The van der Waals surface area contributed by atoms with Gasteiger partial charge in [-0.1, -0.05) is 19.3 Å². The molecule has 7 nitrogen and oxygen atoms in total. The van der Waals surface area contributed by atoms with E-state index in [0.717, 1.165) is 32.2 Å². The van der Waals surface area contributed by atoms with Crippen molar-refractivity contribution in [2.24, 2.45) is 5.92 Å². The van der Waals surface area contributed by atoms with Gasteiger partial charge < -0.3 is 10.2 Å².